The summed E-state index contributed by atoms with van der Waals surface area (Å²) in [5.74, 6) is -0.201. The second kappa shape index (κ2) is 9.13. The number of hydrogen-bond acceptors (Lipinski definition) is 3. The Bertz CT molecular complexity index is 453. The predicted molar refractivity (Wildman–Crippen MR) is 85.5 cm³/mol. The fraction of sp³-hybridized carbons (Fsp3) is 0.500. The molecule has 116 valence electrons. The summed E-state index contributed by atoms with van der Waals surface area (Å²) in [6, 6.07) is 6.88. The third-order valence-electron chi connectivity index (χ3n) is 3.30. The van der Waals surface area contributed by atoms with Crippen LogP contribution in [0.2, 0.25) is 0 Å². The lowest BCUT2D eigenvalue weighted by atomic mass is 10.2. The zero-order valence-electron chi connectivity index (χ0n) is 13.1. The molecule has 21 heavy (non-hydrogen) atoms. The van der Waals surface area contributed by atoms with Gasteiger partial charge in [-0.3, -0.25) is 9.59 Å². The average molecular weight is 291 g/mol. The third kappa shape index (κ3) is 6.40. The van der Waals surface area contributed by atoms with Crippen molar-refractivity contribution in [3.05, 3.63) is 29.8 Å². The maximum absolute atomic E-state index is 11.9. The molecule has 0 aliphatic rings. The Morgan fingerprint density at radius 1 is 1.10 bits per heavy atom. The summed E-state index contributed by atoms with van der Waals surface area (Å²) in [5, 5.41) is 5.58. The van der Waals surface area contributed by atoms with E-state index in [9.17, 15) is 9.59 Å². The van der Waals surface area contributed by atoms with Gasteiger partial charge >= 0.3 is 0 Å². The summed E-state index contributed by atoms with van der Waals surface area (Å²) in [4.78, 5) is 25.2. The average Bonchev–Trinajstić information content (AvgIpc) is 2.47. The van der Waals surface area contributed by atoms with Gasteiger partial charge in [-0.25, -0.2) is 0 Å². The highest BCUT2D eigenvalue weighted by Crippen LogP contribution is 2.09. The van der Waals surface area contributed by atoms with Crippen molar-refractivity contribution in [3.63, 3.8) is 0 Å². The van der Waals surface area contributed by atoms with E-state index in [4.69, 9.17) is 0 Å². The van der Waals surface area contributed by atoms with Crippen LogP contribution in [0, 0.1) is 0 Å². The Morgan fingerprint density at radius 3 is 2.24 bits per heavy atom. The molecule has 0 heterocycles. The van der Waals surface area contributed by atoms with E-state index in [0.29, 0.717) is 17.8 Å². The number of carbonyl (C=O) groups excluding carboxylic acids is 2. The lowest BCUT2D eigenvalue weighted by molar-refractivity contribution is -0.114. The van der Waals surface area contributed by atoms with E-state index in [-0.39, 0.29) is 11.8 Å². The van der Waals surface area contributed by atoms with E-state index in [2.05, 4.69) is 29.4 Å². The Labute approximate surface area is 126 Å². The summed E-state index contributed by atoms with van der Waals surface area (Å²) >= 11 is 0. The molecule has 1 aromatic rings. The Balaban J connectivity index is 2.36. The van der Waals surface area contributed by atoms with Crippen LogP contribution in [0.25, 0.3) is 0 Å². The number of hydrogen-bond donors (Lipinski definition) is 2. The molecule has 0 saturated heterocycles. The lowest BCUT2D eigenvalue weighted by Crippen LogP contribution is -2.29. The predicted octanol–water partition coefficient (Wildman–Crippen LogP) is 2.11. The van der Waals surface area contributed by atoms with Gasteiger partial charge in [-0.1, -0.05) is 13.8 Å². The van der Waals surface area contributed by atoms with Gasteiger partial charge in [0.1, 0.15) is 0 Å². The van der Waals surface area contributed by atoms with Crippen LogP contribution in [0.1, 0.15) is 37.6 Å². The van der Waals surface area contributed by atoms with Crippen molar-refractivity contribution in [2.45, 2.75) is 27.2 Å². The molecule has 2 N–H and O–H groups in total. The second-order valence-corrected chi connectivity index (χ2v) is 4.89. The standard InChI is InChI=1S/C16H25N3O2/c1-4-19(5-2)12-6-11-17-16(21)14-7-9-15(10-8-14)18-13(3)20/h7-10H,4-6,11-12H2,1-3H3,(H,17,21)(H,18,20). The fourth-order valence-electron chi connectivity index (χ4n) is 2.05. The van der Waals surface area contributed by atoms with Crippen molar-refractivity contribution < 1.29 is 9.59 Å². The maximum Gasteiger partial charge on any atom is 0.251 e. The van der Waals surface area contributed by atoms with Crippen molar-refractivity contribution in [1.82, 2.24) is 10.2 Å². The minimum Gasteiger partial charge on any atom is -0.352 e. The van der Waals surface area contributed by atoms with Crippen molar-refractivity contribution in [2.24, 2.45) is 0 Å². The number of rotatable bonds is 8. The van der Waals surface area contributed by atoms with E-state index in [1.165, 1.54) is 6.92 Å². The zero-order valence-corrected chi connectivity index (χ0v) is 13.1. The van der Waals surface area contributed by atoms with E-state index in [1.54, 1.807) is 24.3 Å². The Hall–Kier alpha value is -1.88. The molecule has 1 rings (SSSR count). The number of benzene rings is 1. The summed E-state index contributed by atoms with van der Waals surface area (Å²) in [6.07, 6.45) is 0.942. The van der Waals surface area contributed by atoms with Crippen LogP contribution >= 0.6 is 0 Å². The first kappa shape index (κ1) is 17.2. The molecule has 0 saturated carbocycles. The Morgan fingerprint density at radius 2 is 1.71 bits per heavy atom. The number of nitrogens with zero attached hydrogens (tertiary/aromatic N) is 1. The first-order chi connectivity index (χ1) is 10.1. The van der Waals surface area contributed by atoms with Crippen molar-refractivity contribution >= 4 is 17.5 Å². The third-order valence-corrected chi connectivity index (χ3v) is 3.30. The van der Waals surface area contributed by atoms with Crippen LogP contribution in [0.4, 0.5) is 5.69 Å². The summed E-state index contributed by atoms with van der Waals surface area (Å²) < 4.78 is 0. The van der Waals surface area contributed by atoms with Crippen LogP contribution < -0.4 is 10.6 Å². The number of nitrogens with one attached hydrogen (secondary N) is 2. The normalized spacial score (nSPS) is 10.5. The monoisotopic (exact) mass is 291 g/mol. The number of anilines is 1. The highest BCUT2D eigenvalue weighted by atomic mass is 16.2. The highest BCUT2D eigenvalue weighted by molar-refractivity contribution is 5.95. The van der Waals surface area contributed by atoms with Crippen LogP contribution in [0.3, 0.4) is 0 Å². The van der Waals surface area contributed by atoms with Crippen molar-refractivity contribution in [3.8, 4) is 0 Å². The van der Waals surface area contributed by atoms with Crippen molar-refractivity contribution in [2.75, 3.05) is 31.5 Å². The first-order valence-electron chi connectivity index (χ1n) is 7.45. The summed E-state index contributed by atoms with van der Waals surface area (Å²) in [6.45, 7) is 9.47. The molecule has 2 amide bonds. The molecule has 0 radical (unpaired) electrons. The van der Waals surface area contributed by atoms with Gasteiger partial charge in [-0.05, 0) is 50.3 Å². The molecule has 0 bridgehead atoms. The number of carbonyl (C=O) groups is 2. The first-order valence-corrected chi connectivity index (χ1v) is 7.45. The lowest BCUT2D eigenvalue weighted by Gasteiger charge is -2.17. The molecule has 0 aliphatic heterocycles. The molecule has 0 spiro atoms. The van der Waals surface area contributed by atoms with E-state index in [0.717, 1.165) is 26.1 Å². The van der Waals surface area contributed by atoms with Gasteiger partial charge in [-0.2, -0.15) is 0 Å². The summed E-state index contributed by atoms with van der Waals surface area (Å²) in [7, 11) is 0. The number of amides is 2. The molecule has 0 fully saturated rings. The van der Waals surface area contributed by atoms with E-state index < -0.39 is 0 Å². The molecule has 0 aliphatic carbocycles. The van der Waals surface area contributed by atoms with Crippen LogP contribution in [-0.4, -0.2) is 42.9 Å². The molecular formula is C16H25N3O2. The molecule has 0 aromatic heterocycles. The van der Waals surface area contributed by atoms with Gasteiger partial charge in [0.15, 0.2) is 0 Å². The molecule has 1 aromatic carbocycles. The maximum atomic E-state index is 11.9. The molecule has 0 atom stereocenters. The summed E-state index contributed by atoms with van der Waals surface area (Å²) in [5.41, 5.74) is 1.30. The van der Waals surface area contributed by atoms with Crippen LogP contribution in [-0.2, 0) is 4.79 Å². The zero-order chi connectivity index (χ0) is 15.7. The largest absolute Gasteiger partial charge is 0.352 e. The molecular weight excluding hydrogens is 266 g/mol. The fourth-order valence-corrected chi connectivity index (χ4v) is 2.05. The van der Waals surface area contributed by atoms with Gasteiger partial charge in [-0.15, -0.1) is 0 Å². The van der Waals surface area contributed by atoms with Crippen LogP contribution in [0.15, 0.2) is 24.3 Å². The minimum atomic E-state index is -0.122. The van der Waals surface area contributed by atoms with E-state index in [1.807, 2.05) is 0 Å². The van der Waals surface area contributed by atoms with Gasteiger partial charge in [0.05, 0.1) is 0 Å². The topological polar surface area (TPSA) is 61.4 Å². The van der Waals surface area contributed by atoms with E-state index >= 15 is 0 Å². The van der Waals surface area contributed by atoms with Gasteiger partial charge < -0.3 is 15.5 Å². The minimum absolute atomic E-state index is 0.0797. The Kier molecular flexibility index (Phi) is 7.46. The van der Waals surface area contributed by atoms with Gasteiger partial charge in [0.25, 0.3) is 5.91 Å². The van der Waals surface area contributed by atoms with Crippen LogP contribution in [0.5, 0.6) is 0 Å². The molecule has 0 unspecified atom stereocenters. The molecule has 5 heteroatoms. The van der Waals surface area contributed by atoms with Gasteiger partial charge in [0, 0.05) is 24.7 Å². The second-order valence-electron chi connectivity index (χ2n) is 4.89. The van der Waals surface area contributed by atoms with Gasteiger partial charge in [0.2, 0.25) is 5.91 Å². The highest BCUT2D eigenvalue weighted by Gasteiger charge is 2.05. The SMILES string of the molecule is CCN(CC)CCCNC(=O)c1ccc(NC(C)=O)cc1. The molecule has 5 nitrogen and oxygen atoms in total. The van der Waals surface area contributed by atoms with Crippen molar-refractivity contribution in [1.29, 1.82) is 0 Å². The quantitative estimate of drug-likeness (QED) is 0.721. The smallest absolute Gasteiger partial charge is 0.251 e.